The van der Waals surface area contributed by atoms with Crippen molar-refractivity contribution in [3.63, 3.8) is 0 Å². The van der Waals surface area contributed by atoms with Gasteiger partial charge in [0.25, 0.3) is 0 Å². The first-order valence-electron chi connectivity index (χ1n) is 4.15. The van der Waals surface area contributed by atoms with Crippen LogP contribution >= 0.6 is 22.9 Å². The van der Waals surface area contributed by atoms with Gasteiger partial charge in [0.2, 0.25) is 0 Å². The molecule has 0 atom stereocenters. The van der Waals surface area contributed by atoms with E-state index in [1.165, 1.54) is 11.3 Å². The highest BCUT2D eigenvalue weighted by Gasteiger charge is 2.10. The second-order valence-corrected chi connectivity index (χ2v) is 4.15. The highest BCUT2D eigenvalue weighted by atomic mass is 35.5. The molecule has 0 amide bonds. The molecule has 0 unspecified atom stereocenters. The summed E-state index contributed by atoms with van der Waals surface area (Å²) in [4.78, 5) is 0. The number of hydrogen-bond acceptors (Lipinski definition) is 3. The summed E-state index contributed by atoms with van der Waals surface area (Å²) < 4.78 is 0.920. The topological polar surface area (TPSA) is 40.5 Å². The Morgan fingerprint density at radius 3 is 2.71 bits per heavy atom. The van der Waals surface area contributed by atoms with Crippen molar-refractivity contribution < 1.29 is 10.2 Å². The molecule has 2 nitrogen and oxygen atoms in total. The molecule has 1 heterocycles. The second-order valence-electron chi connectivity index (χ2n) is 3.00. The van der Waals surface area contributed by atoms with Crippen LogP contribution < -0.4 is 0 Å². The van der Waals surface area contributed by atoms with Crippen molar-refractivity contribution in [1.29, 1.82) is 0 Å². The van der Waals surface area contributed by atoms with Crippen LogP contribution in [0.2, 0.25) is 0 Å². The van der Waals surface area contributed by atoms with E-state index in [2.05, 4.69) is 0 Å². The summed E-state index contributed by atoms with van der Waals surface area (Å²) in [5.74, 6) is 0.608. The van der Waals surface area contributed by atoms with E-state index in [4.69, 9.17) is 16.7 Å². The quantitative estimate of drug-likeness (QED) is 0.776. The van der Waals surface area contributed by atoms with Gasteiger partial charge in [0.15, 0.2) is 0 Å². The third kappa shape index (κ3) is 1.38. The van der Waals surface area contributed by atoms with Crippen LogP contribution in [0.4, 0.5) is 0 Å². The summed E-state index contributed by atoms with van der Waals surface area (Å²) >= 11 is 7.25. The number of aliphatic hydroxyl groups excluding tert-OH is 1. The number of alkyl halides is 1. The number of thiophene rings is 1. The molecular formula is C10H9ClO2S. The van der Waals surface area contributed by atoms with Gasteiger partial charge in [-0.05, 0) is 22.6 Å². The van der Waals surface area contributed by atoms with Crippen molar-refractivity contribution in [2.75, 3.05) is 0 Å². The fraction of sp³-hybridized carbons (Fsp3) is 0.200. The number of aromatic hydroxyl groups is 1. The van der Waals surface area contributed by atoms with E-state index in [0.29, 0.717) is 5.88 Å². The van der Waals surface area contributed by atoms with Crippen LogP contribution in [-0.2, 0) is 12.5 Å². The van der Waals surface area contributed by atoms with Gasteiger partial charge in [-0.2, -0.15) is 0 Å². The molecule has 0 saturated heterocycles. The maximum absolute atomic E-state index is 9.66. The van der Waals surface area contributed by atoms with Crippen molar-refractivity contribution in [1.82, 2.24) is 0 Å². The average molecular weight is 229 g/mol. The zero-order valence-electron chi connectivity index (χ0n) is 7.33. The Labute approximate surface area is 90.4 Å². The van der Waals surface area contributed by atoms with Gasteiger partial charge in [-0.3, -0.25) is 0 Å². The fourth-order valence-corrected chi connectivity index (χ4v) is 2.87. The highest BCUT2D eigenvalue weighted by Crippen LogP contribution is 2.36. The van der Waals surface area contributed by atoms with Gasteiger partial charge in [0.05, 0.1) is 6.61 Å². The van der Waals surface area contributed by atoms with Crippen LogP contribution in [0.3, 0.4) is 0 Å². The molecule has 74 valence electrons. The molecule has 0 fully saturated rings. The first-order chi connectivity index (χ1) is 6.77. The molecule has 0 bridgehead atoms. The van der Waals surface area contributed by atoms with E-state index in [-0.39, 0.29) is 12.4 Å². The van der Waals surface area contributed by atoms with Crippen molar-refractivity contribution in [2.45, 2.75) is 12.5 Å². The van der Waals surface area contributed by atoms with E-state index < -0.39 is 0 Å². The lowest BCUT2D eigenvalue weighted by atomic mass is 10.1. The van der Waals surface area contributed by atoms with Gasteiger partial charge in [0.1, 0.15) is 5.75 Å². The van der Waals surface area contributed by atoms with Crippen molar-refractivity contribution in [2.24, 2.45) is 0 Å². The molecule has 0 radical (unpaired) electrons. The smallest absolute Gasteiger partial charge is 0.124 e. The number of rotatable bonds is 2. The molecule has 14 heavy (non-hydrogen) atoms. The van der Waals surface area contributed by atoms with E-state index in [0.717, 1.165) is 21.2 Å². The predicted molar refractivity (Wildman–Crippen MR) is 59.0 cm³/mol. The monoisotopic (exact) mass is 228 g/mol. The summed E-state index contributed by atoms with van der Waals surface area (Å²) in [7, 11) is 0. The van der Waals surface area contributed by atoms with Crippen LogP contribution in [0.1, 0.15) is 11.1 Å². The number of benzene rings is 1. The Balaban J connectivity index is 2.80. The highest BCUT2D eigenvalue weighted by molar-refractivity contribution is 7.17. The summed E-state index contributed by atoms with van der Waals surface area (Å²) in [6.07, 6.45) is 0. The van der Waals surface area contributed by atoms with Gasteiger partial charge in [0, 0.05) is 16.0 Å². The predicted octanol–water partition coefficient (Wildman–Crippen LogP) is 2.84. The number of hydrogen-bond donors (Lipinski definition) is 2. The van der Waals surface area contributed by atoms with Gasteiger partial charge in [-0.15, -0.1) is 22.9 Å². The maximum atomic E-state index is 9.66. The first kappa shape index (κ1) is 9.77. The zero-order valence-corrected chi connectivity index (χ0v) is 8.90. The molecule has 0 spiro atoms. The van der Waals surface area contributed by atoms with Gasteiger partial charge in [-0.25, -0.2) is 0 Å². The minimum Gasteiger partial charge on any atom is -0.507 e. The first-order valence-corrected chi connectivity index (χ1v) is 5.57. The second kappa shape index (κ2) is 3.77. The maximum Gasteiger partial charge on any atom is 0.124 e. The third-order valence-electron chi connectivity index (χ3n) is 2.17. The van der Waals surface area contributed by atoms with E-state index in [1.807, 2.05) is 5.38 Å². The molecule has 0 aliphatic heterocycles. The molecule has 2 aromatic rings. The van der Waals surface area contributed by atoms with Crippen molar-refractivity contribution in [3.8, 4) is 5.75 Å². The SMILES string of the molecule is OCc1ccc(O)c2c(CCl)csc12. The number of phenolic OH excluding ortho intramolecular Hbond substituents is 1. The molecule has 2 N–H and O–H groups in total. The summed E-state index contributed by atoms with van der Waals surface area (Å²) in [5, 5.41) is 21.4. The third-order valence-corrected chi connectivity index (χ3v) is 3.56. The number of fused-ring (bicyclic) bond motifs is 1. The number of phenols is 1. The van der Waals surface area contributed by atoms with Crippen molar-refractivity contribution in [3.05, 3.63) is 28.6 Å². The average Bonchev–Trinajstić information content (AvgIpc) is 2.63. The molecular weight excluding hydrogens is 220 g/mol. The van der Waals surface area contributed by atoms with Crippen LogP contribution in [0, 0.1) is 0 Å². The van der Waals surface area contributed by atoms with Crippen LogP contribution in [0.25, 0.3) is 10.1 Å². The Kier molecular flexibility index (Phi) is 2.63. The summed E-state index contributed by atoms with van der Waals surface area (Å²) in [5.41, 5.74) is 1.75. The van der Waals surface area contributed by atoms with Crippen molar-refractivity contribution >= 4 is 33.0 Å². The molecule has 0 aliphatic rings. The lowest BCUT2D eigenvalue weighted by molar-refractivity contribution is 0.283. The Bertz CT molecular complexity index is 464. The molecule has 0 saturated carbocycles. The Hall–Kier alpha value is -0.770. The standard InChI is InChI=1S/C10H9ClO2S/c11-3-7-5-14-10-6(4-12)1-2-8(13)9(7)10/h1-2,5,12-13H,3-4H2. The molecule has 4 heteroatoms. The zero-order chi connectivity index (χ0) is 10.1. The number of aliphatic hydroxyl groups is 1. The van der Waals surface area contributed by atoms with E-state index in [1.54, 1.807) is 12.1 Å². The Morgan fingerprint density at radius 2 is 2.07 bits per heavy atom. The van der Waals surface area contributed by atoms with Crippen LogP contribution in [0.5, 0.6) is 5.75 Å². The van der Waals surface area contributed by atoms with E-state index in [9.17, 15) is 5.11 Å². The number of halogens is 1. The van der Waals surface area contributed by atoms with Gasteiger partial charge < -0.3 is 10.2 Å². The fourth-order valence-electron chi connectivity index (χ4n) is 1.47. The lowest BCUT2D eigenvalue weighted by Gasteiger charge is -2.01. The normalized spacial score (nSPS) is 11.0. The molecule has 0 aliphatic carbocycles. The minimum atomic E-state index is -0.0149. The molecule has 1 aromatic heterocycles. The summed E-state index contributed by atoms with van der Waals surface area (Å²) in [6, 6.07) is 3.32. The molecule has 1 aromatic carbocycles. The largest absolute Gasteiger partial charge is 0.507 e. The minimum absolute atomic E-state index is 0.0149. The van der Waals surface area contributed by atoms with Gasteiger partial charge in [-0.1, -0.05) is 6.07 Å². The van der Waals surface area contributed by atoms with Gasteiger partial charge >= 0.3 is 0 Å². The summed E-state index contributed by atoms with van der Waals surface area (Å²) in [6.45, 7) is -0.0149. The van der Waals surface area contributed by atoms with E-state index >= 15 is 0 Å². The Morgan fingerprint density at radius 1 is 1.29 bits per heavy atom. The van der Waals surface area contributed by atoms with Crippen LogP contribution in [-0.4, -0.2) is 10.2 Å². The van der Waals surface area contributed by atoms with Crippen LogP contribution in [0.15, 0.2) is 17.5 Å². The lowest BCUT2D eigenvalue weighted by Crippen LogP contribution is -1.83. The molecule has 2 rings (SSSR count).